The Morgan fingerprint density at radius 3 is 0.895 bits per heavy atom. The molecule has 2 unspecified atom stereocenters. The molecule has 9 heteroatoms. The lowest BCUT2D eigenvalue weighted by molar-refractivity contribution is -0.870. The molecule has 546 valence electrons. The van der Waals surface area contributed by atoms with Crippen LogP contribution in [0.3, 0.4) is 0 Å². The van der Waals surface area contributed by atoms with Crippen molar-refractivity contribution in [3.8, 4) is 0 Å². The molecule has 0 spiro atoms. The van der Waals surface area contributed by atoms with Crippen molar-refractivity contribution in [3.05, 3.63) is 122 Å². The van der Waals surface area contributed by atoms with Gasteiger partial charge in [-0.05, 0) is 109 Å². The highest BCUT2D eigenvalue weighted by molar-refractivity contribution is 5.70. The van der Waals surface area contributed by atoms with E-state index in [1.165, 1.54) is 212 Å². The summed E-state index contributed by atoms with van der Waals surface area (Å²) in [6.45, 7) is 4.64. The zero-order valence-electron chi connectivity index (χ0n) is 62.5. The normalized spacial score (nSPS) is 13.3. The van der Waals surface area contributed by atoms with E-state index in [1.807, 2.05) is 21.1 Å². The molecule has 0 aliphatic carbocycles. The Labute approximate surface area is 587 Å². The standard InChI is InChI=1S/C86H149NO8/c1-6-8-10-12-14-16-18-20-22-24-26-28-30-32-34-36-38-40-41-42-43-45-46-48-50-52-54-56-58-60-62-64-66-68-70-72-74-76-83(88)93-80-82(81-94-86(85(90)91)92-79-78-87(3,4)5)95-84(89)77-75-73-71-69-67-65-63-61-59-57-55-53-51-49-47-44-39-37-35-33-31-29-27-25-23-21-19-17-15-13-11-9-7-2/h9,11,15,17-18,20-21,23-24,26-27,29,33,35,39,44,49,51,55,57,82,86H,6-8,10,12-14,16,19,22,25,28,30-32,34,36-38,40-43,45-48,50,52-54,56,58-81H2,1-5H3/b11-9-,17-15-,20-18-,23-21-,26-24-,29-27-,35-33-,44-39-,51-49-,57-55-. The maximum Gasteiger partial charge on any atom is 0.306 e. The molecule has 0 aliphatic heterocycles. The molecular weight excluding hydrogens is 1170 g/mol. The van der Waals surface area contributed by atoms with Crippen molar-refractivity contribution in [2.24, 2.45) is 0 Å². The molecule has 0 radical (unpaired) electrons. The molecule has 2 atom stereocenters. The fourth-order valence-corrected chi connectivity index (χ4v) is 11.2. The maximum atomic E-state index is 13.0. The SMILES string of the molecule is CC/C=C\C/C=C\C/C=C\C/C=C\C/C=C\C/C=C\C/C=C\C/C=C\CCCCCCCCCCC(=O)OC(COC(=O)CCCCCCCCCCCCCCCCCCCCCCCCCCC/C=C\C/C=C\CCCCCCC)COC(OCC[N+](C)(C)C)C(=O)[O-]. The zero-order chi connectivity index (χ0) is 69.0. The first-order valence-corrected chi connectivity index (χ1v) is 39.7. The molecule has 95 heavy (non-hydrogen) atoms. The van der Waals surface area contributed by atoms with Crippen LogP contribution in [0.15, 0.2) is 122 Å². The number of carbonyl (C=O) groups excluding carboxylic acids is 3. The molecule has 0 aromatic heterocycles. The Kier molecular flexibility index (Phi) is 72.0. The Bertz CT molecular complexity index is 1980. The molecule has 0 heterocycles. The second-order valence-corrected chi connectivity index (χ2v) is 27.6. The number of likely N-dealkylation sites (N-methyl/N-ethyl adjacent to an activating group) is 1. The fourth-order valence-electron chi connectivity index (χ4n) is 11.2. The molecule has 0 aromatic rings. The Morgan fingerprint density at radius 2 is 0.600 bits per heavy atom. The number of nitrogens with zero attached hydrogens (tertiary/aromatic N) is 1. The number of quaternary nitrogens is 1. The molecule has 9 nitrogen and oxygen atoms in total. The molecule has 0 fully saturated rings. The van der Waals surface area contributed by atoms with Crippen LogP contribution in [0, 0.1) is 0 Å². The van der Waals surface area contributed by atoms with Crippen molar-refractivity contribution in [2.45, 2.75) is 360 Å². The largest absolute Gasteiger partial charge is 0.545 e. The lowest BCUT2D eigenvalue weighted by Crippen LogP contribution is -2.44. The predicted octanol–water partition coefficient (Wildman–Crippen LogP) is 24.1. The zero-order valence-corrected chi connectivity index (χ0v) is 62.5. The Morgan fingerprint density at radius 1 is 0.326 bits per heavy atom. The number of allylic oxidation sites excluding steroid dienone is 20. The maximum absolute atomic E-state index is 13.0. The van der Waals surface area contributed by atoms with Gasteiger partial charge in [-0.2, -0.15) is 0 Å². The molecule has 0 aliphatic rings. The summed E-state index contributed by atoms with van der Waals surface area (Å²) in [6, 6.07) is 0. The van der Waals surface area contributed by atoms with E-state index >= 15 is 0 Å². The van der Waals surface area contributed by atoms with E-state index in [2.05, 4.69) is 135 Å². The van der Waals surface area contributed by atoms with E-state index < -0.39 is 24.3 Å². The van der Waals surface area contributed by atoms with Gasteiger partial charge >= 0.3 is 11.9 Å². The van der Waals surface area contributed by atoms with Crippen LogP contribution in [0.5, 0.6) is 0 Å². The van der Waals surface area contributed by atoms with Crippen LogP contribution in [0.1, 0.15) is 348 Å². The second-order valence-electron chi connectivity index (χ2n) is 27.6. The number of rotatable bonds is 73. The molecule has 0 saturated heterocycles. The van der Waals surface area contributed by atoms with Gasteiger partial charge in [-0.3, -0.25) is 9.59 Å². The second kappa shape index (κ2) is 75.5. The van der Waals surface area contributed by atoms with Crippen molar-refractivity contribution in [2.75, 3.05) is 47.5 Å². The van der Waals surface area contributed by atoms with Crippen molar-refractivity contribution in [1.82, 2.24) is 0 Å². The smallest absolute Gasteiger partial charge is 0.306 e. The summed E-state index contributed by atoms with van der Waals surface area (Å²) < 4.78 is 22.8. The average molecular weight is 1330 g/mol. The van der Waals surface area contributed by atoms with Crippen molar-refractivity contribution >= 4 is 17.9 Å². The van der Waals surface area contributed by atoms with Gasteiger partial charge in [-0.1, -0.05) is 347 Å². The molecule has 0 amide bonds. The number of carboxylic acid groups (broad SMARTS) is 1. The summed E-state index contributed by atoms with van der Waals surface area (Å²) in [6.07, 6.45) is 105. The summed E-state index contributed by atoms with van der Waals surface area (Å²) in [5.74, 6) is -2.29. The first-order chi connectivity index (χ1) is 46.6. The first-order valence-electron chi connectivity index (χ1n) is 39.7. The number of unbranched alkanes of at least 4 members (excludes halogenated alkanes) is 38. The van der Waals surface area contributed by atoms with Crippen LogP contribution in [0.2, 0.25) is 0 Å². The molecule has 0 rings (SSSR count). The highest BCUT2D eigenvalue weighted by Crippen LogP contribution is 2.18. The van der Waals surface area contributed by atoms with Crippen LogP contribution in [-0.4, -0.2) is 82.3 Å². The summed E-state index contributed by atoms with van der Waals surface area (Å²) in [5, 5.41) is 11.9. The van der Waals surface area contributed by atoms with Gasteiger partial charge in [0.05, 0.1) is 40.3 Å². The monoisotopic (exact) mass is 1320 g/mol. The number of carbonyl (C=O) groups is 3. The van der Waals surface area contributed by atoms with E-state index in [1.54, 1.807) is 0 Å². The molecule has 0 N–H and O–H groups in total. The number of aliphatic carboxylic acids is 1. The third-order valence-electron chi connectivity index (χ3n) is 17.2. The molecule has 0 aromatic carbocycles. The molecule has 0 bridgehead atoms. The topological polar surface area (TPSA) is 111 Å². The van der Waals surface area contributed by atoms with Gasteiger partial charge in [-0.25, -0.2) is 0 Å². The van der Waals surface area contributed by atoms with Gasteiger partial charge in [0, 0.05) is 12.8 Å². The summed E-state index contributed by atoms with van der Waals surface area (Å²) in [5.41, 5.74) is 0. The van der Waals surface area contributed by atoms with Crippen LogP contribution >= 0.6 is 0 Å². The number of hydrogen-bond donors (Lipinski definition) is 0. The van der Waals surface area contributed by atoms with E-state index in [9.17, 15) is 19.5 Å². The lowest BCUT2D eigenvalue weighted by atomic mass is 10.0. The quantitative estimate of drug-likeness (QED) is 0.0195. The lowest BCUT2D eigenvalue weighted by Gasteiger charge is -2.26. The minimum Gasteiger partial charge on any atom is -0.545 e. The predicted molar refractivity (Wildman–Crippen MR) is 407 cm³/mol. The van der Waals surface area contributed by atoms with Gasteiger partial charge in [0.1, 0.15) is 13.2 Å². The van der Waals surface area contributed by atoms with Crippen LogP contribution in [0.4, 0.5) is 0 Å². The van der Waals surface area contributed by atoms with Gasteiger partial charge in [0.25, 0.3) is 0 Å². The van der Waals surface area contributed by atoms with E-state index in [-0.39, 0.29) is 38.6 Å². The summed E-state index contributed by atoms with van der Waals surface area (Å²) in [7, 11) is 5.93. The highest BCUT2D eigenvalue weighted by Gasteiger charge is 2.22. The van der Waals surface area contributed by atoms with Gasteiger partial charge in [0.2, 0.25) is 0 Å². The average Bonchev–Trinajstić information content (AvgIpc) is 3.75. The third kappa shape index (κ3) is 76.9. The number of carboxylic acids is 1. The third-order valence-corrected chi connectivity index (χ3v) is 17.2. The van der Waals surface area contributed by atoms with Crippen molar-refractivity contribution in [1.29, 1.82) is 0 Å². The number of ether oxygens (including phenoxy) is 4. The van der Waals surface area contributed by atoms with Crippen LogP contribution in [-0.2, 0) is 33.3 Å². The van der Waals surface area contributed by atoms with E-state index in [0.29, 0.717) is 17.4 Å². The van der Waals surface area contributed by atoms with Crippen LogP contribution < -0.4 is 5.11 Å². The van der Waals surface area contributed by atoms with E-state index in [0.717, 1.165) is 103 Å². The summed E-state index contributed by atoms with van der Waals surface area (Å²) >= 11 is 0. The Hall–Kier alpha value is -4.31. The number of hydrogen-bond acceptors (Lipinski definition) is 8. The number of esters is 2. The Balaban J connectivity index is 4.06. The minimum atomic E-state index is -1.63. The molecular formula is C86H149NO8. The first kappa shape index (κ1) is 90.7. The molecule has 0 saturated carbocycles. The van der Waals surface area contributed by atoms with Gasteiger partial charge < -0.3 is 33.3 Å². The highest BCUT2D eigenvalue weighted by atomic mass is 16.7. The van der Waals surface area contributed by atoms with Gasteiger partial charge in [-0.15, -0.1) is 0 Å². The summed E-state index contributed by atoms with van der Waals surface area (Å²) in [4.78, 5) is 37.6. The van der Waals surface area contributed by atoms with Crippen molar-refractivity contribution < 1.29 is 42.9 Å². The van der Waals surface area contributed by atoms with Crippen LogP contribution in [0.25, 0.3) is 0 Å². The van der Waals surface area contributed by atoms with Gasteiger partial charge in [0.15, 0.2) is 12.4 Å². The van der Waals surface area contributed by atoms with E-state index in [4.69, 9.17) is 18.9 Å². The van der Waals surface area contributed by atoms with Crippen molar-refractivity contribution in [3.63, 3.8) is 0 Å². The fraction of sp³-hybridized carbons (Fsp3) is 0.733. The minimum absolute atomic E-state index is 0.142.